The van der Waals surface area contributed by atoms with Crippen LogP contribution in [0.2, 0.25) is 0 Å². The van der Waals surface area contributed by atoms with Crippen molar-refractivity contribution in [1.29, 1.82) is 0 Å². The molecule has 0 radical (unpaired) electrons. The minimum atomic E-state index is -0.704. The lowest BCUT2D eigenvalue weighted by molar-refractivity contribution is 0.454. The number of nitrogens with zero attached hydrogens (tertiary/aromatic N) is 3. The molecule has 0 saturated heterocycles. The van der Waals surface area contributed by atoms with Crippen molar-refractivity contribution < 1.29 is 8.78 Å². The summed E-state index contributed by atoms with van der Waals surface area (Å²) in [4.78, 5) is 4.09. The van der Waals surface area contributed by atoms with E-state index in [9.17, 15) is 8.78 Å². The number of rotatable bonds is 5. The first-order chi connectivity index (χ1) is 9.58. The predicted molar refractivity (Wildman–Crippen MR) is 70.6 cm³/mol. The van der Waals surface area contributed by atoms with Gasteiger partial charge in [-0.3, -0.25) is 16.0 Å². The van der Waals surface area contributed by atoms with E-state index in [2.05, 4.69) is 15.5 Å². The van der Waals surface area contributed by atoms with Crippen molar-refractivity contribution in [3.05, 3.63) is 47.0 Å². The average Bonchev–Trinajstić information content (AvgIpc) is 2.89. The highest BCUT2D eigenvalue weighted by molar-refractivity contribution is 5.29. The standard InChI is InChI=1S/C13H17F2N5/c1-3-20-11(17-7-18-20)6-10(19-16)12-9(14)5-4-8(2)13(12)15/h4-5,7,10,19H,3,6,16H2,1-2H3. The van der Waals surface area contributed by atoms with Crippen LogP contribution in [0.1, 0.15) is 29.9 Å². The molecule has 0 saturated carbocycles. The predicted octanol–water partition coefficient (Wildman–Crippen LogP) is 1.63. The molecule has 0 aliphatic carbocycles. The van der Waals surface area contributed by atoms with Gasteiger partial charge in [0.05, 0.1) is 6.04 Å². The number of benzene rings is 1. The number of hydrogen-bond donors (Lipinski definition) is 2. The lowest BCUT2D eigenvalue weighted by Crippen LogP contribution is -2.32. The molecule has 1 unspecified atom stereocenters. The second-order valence-corrected chi connectivity index (χ2v) is 4.51. The highest BCUT2D eigenvalue weighted by Crippen LogP contribution is 2.25. The molecule has 20 heavy (non-hydrogen) atoms. The van der Waals surface area contributed by atoms with Gasteiger partial charge in [-0.05, 0) is 25.5 Å². The Kier molecular flexibility index (Phi) is 4.41. The summed E-state index contributed by atoms with van der Waals surface area (Å²) in [5.74, 6) is 4.87. The maximum Gasteiger partial charge on any atom is 0.138 e. The second-order valence-electron chi connectivity index (χ2n) is 4.51. The molecule has 7 heteroatoms. The summed E-state index contributed by atoms with van der Waals surface area (Å²) in [6.45, 7) is 4.13. The van der Waals surface area contributed by atoms with E-state index in [1.807, 2.05) is 6.92 Å². The van der Waals surface area contributed by atoms with E-state index in [-0.39, 0.29) is 12.0 Å². The van der Waals surface area contributed by atoms with E-state index in [1.54, 1.807) is 11.6 Å². The molecule has 2 rings (SSSR count). The number of nitrogens with two attached hydrogens (primary N) is 1. The van der Waals surface area contributed by atoms with E-state index in [1.165, 1.54) is 18.5 Å². The SMILES string of the molecule is CCn1ncnc1CC(NN)c1c(F)ccc(C)c1F. The van der Waals surface area contributed by atoms with Crippen LogP contribution in [0.5, 0.6) is 0 Å². The Bertz CT molecular complexity index is 596. The van der Waals surface area contributed by atoms with Crippen molar-refractivity contribution in [3.63, 3.8) is 0 Å². The van der Waals surface area contributed by atoms with Crippen LogP contribution in [0.3, 0.4) is 0 Å². The van der Waals surface area contributed by atoms with Gasteiger partial charge in [0.25, 0.3) is 0 Å². The highest BCUT2D eigenvalue weighted by atomic mass is 19.1. The van der Waals surface area contributed by atoms with Crippen molar-refractivity contribution in [2.24, 2.45) is 5.84 Å². The maximum absolute atomic E-state index is 14.1. The van der Waals surface area contributed by atoms with Crippen molar-refractivity contribution in [1.82, 2.24) is 20.2 Å². The zero-order chi connectivity index (χ0) is 14.7. The first-order valence-electron chi connectivity index (χ1n) is 6.35. The Morgan fingerprint density at radius 3 is 2.80 bits per heavy atom. The van der Waals surface area contributed by atoms with E-state index in [4.69, 9.17) is 5.84 Å². The lowest BCUT2D eigenvalue weighted by atomic mass is 10.00. The molecule has 3 N–H and O–H groups in total. The largest absolute Gasteiger partial charge is 0.271 e. The third-order valence-corrected chi connectivity index (χ3v) is 3.25. The van der Waals surface area contributed by atoms with Crippen molar-refractivity contribution >= 4 is 0 Å². The fourth-order valence-corrected chi connectivity index (χ4v) is 2.14. The van der Waals surface area contributed by atoms with E-state index in [0.29, 0.717) is 17.9 Å². The topological polar surface area (TPSA) is 68.8 Å². The van der Waals surface area contributed by atoms with Crippen LogP contribution >= 0.6 is 0 Å². The quantitative estimate of drug-likeness (QED) is 0.645. The Labute approximate surface area is 115 Å². The minimum Gasteiger partial charge on any atom is -0.271 e. The fourth-order valence-electron chi connectivity index (χ4n) is 2.14. The van der Waals surface area contributed by atoms with Crippen molar-refractivity contribution in [2.75, 3.05) is 0 Å². The second kappa shape index (κ2) is 6.06. The fraction of sp³-hybridized carbons (Fsp3) is 0.385. The minimum absolute atomic E-state index is 0.0712. The molecular formula is C13H17F2N5. The molecule has 1 aromatic carbocycles. The molecule has 0 amide bonds. The molecule has 108 valence electrons. The summed E-state index contributed by atoms with van der Waals surface area (Å²) in [5.41, 5.74) is 2.76. The summed E-state index contributed by atoms with van der Waals surface area (Å²) in [7, 11) is 0. The monoisotopic (exact) mass is 281 g/mol. The molecule has 5 nitrogen and oxygen atoms in total. The van der Waals surface area contributed by atoms with Gasteiger partial charge in [-0.1, -0.05) is 6.07 Å². The van der Waals surface area contributed by atoms with Crippen LogP contribution in [0, 0.1) is 18.6 Å². The molecule has 0 fully saturated rings. The molecule has 0 bridgehead atoms. The number of hydrogen-bond acceptors (Lipinski definition) is 4. The zero-order valence-corrected chi connectivity index (χ0v) is 11.4. The smallest absolute Gasteiger partial charge is 0.138 e. The maximum atomic E-state index is 14.1. The Balaban J connectivity index is 2.36. The summed E-state index contributed by atoms with van der Waals surface area (Å²) >= 11 is 0. The van der Waals surface area contributed by atoms with Gasteiger partial charge in [0.2, 0.25) is 0 Å². The molecule has 0 aliphatic rings. The number of aromatic nitrogens is 3. The highest BCUT2D eigenvalue weighted by Gasteiger charge is 2.22. The van der Waals surface area contributed by atoms with Crippen LogP contribution in [0.25, 0.3) is 0 Å². The summed E-state index contributed by atoms with van der Waals surface area (Å²) < 4.78 is 29.7. The third kappa shape index (κ3) is 2.68. The Morgan fingerprint density at radius 1 is 1.40 bits per heavy atom. The van der Waals surface area contributed by atoms with Gasteiger partial charge in [0.15, 0.2) is 0 Å². The van der Waals surface area contributed by atoms with Gasteiger partial charge in [-0.15, -0.1) is 0 Å². The number of hydrazine groups is 1. The van der Waals surface area contributed by atoms with Crippen LogP contribution in [-0.4, -0.2) is 14.8 Å². The zero-order valence-electron chi connectivity index (χ0n) is 11.4. The normalized spacial score (nSPS) is 12.7. The van der Waals surface area contributed by atoms with E-state index >= 15 is 0 Å². The first kappa shape index (κ1) is 14.5. The van der Waals surface area contributed by atoms with Gasteiger partial charge < -0.3 is 0 Å². The number of halogens is 2. The van der Waals surface area contributed by atoms with E-state index < -0.39 is 17.7 Å². The summed E-state index contributed by atoms with van der Waals surface area (Å²) in [5, 5.41) is 4.03. The van der Waals surface area contributed by atoms with Crippen molar-refractivity contribution in [3.8, 4) is 0 Å². The molecule has 0 aliphatic heterocycles. The Morgan fingerprint density at radius 2 is 2.15 bits per heavy atom. The Hall–Kier alpha value is -1.86. The first-order valence-corrected chi connectivity index (χ1v) is 6.35. The van der Waals surface area contributed by atoms with Gasteiger partial charge in [0, 0.05) is 18.5 Å². The number of nitrogens with one attached hydrogen (secondary N) is 1. The van der Waals surface area contributed by atoms with E-state index in [0.717, 1.165) is 0 Å². The average molecular weight is 281 g/mol. The molecule has 0 spiro atoms. The van der Waals surface area contributed by atoms with Crippen LogP contribution in [0.4, 0.5) is 8.78 Å². The van der Waals surface area contributed by atoms with Crippen LogP contribution < -0.4 is 11.3 Å². The molecule has 1 heterocycles. The molecule has 1 atom stereocenters. The van der Waals surface area contributed by atoms with Gasteiger partial charge in [-0.25, -0.2) is 13.8 Å². The number of aryl methyl sites for hydroxylation is 2. The van der Waals surface area contributed by atoms with Crippen LogP contribution in [0.15, 0.2) is 18.5 Å². The lowest BCUT2D eigenvalue weighted by Gasteiger charge is -2.18. The summed E-state index contributed by atoms with van der Waals surface area (Å²) in [6.07, 6.45) is 1.66. The summed E-state index contributed by atoms with van der Waals surface area (Å²) in [6, 6.07) is 1.93. The van der Waals surface area contributed by atoms with Crippen molar-refractivity contribution in [2.45, 2.75) is 32.9 Å². The molecule has 1 aromatic heterocycles. The molecular weight excluding hydrogens is 264 g/mol. The molecule has 2 aromatic rings. The third-order valence-electron chi connectivity index (χ3n) is 3.25. The van der Waals surface area contributed by atoms with Gasteiger partial charge in [0.1, 0.15) is 23.8 Å². The van der Waals surface area contributed by atoms with Gasteiger partial charge in [-0.2, -0.15) is 5.10 Å². The van der Waals surface area contributed by atoms with Crippen LogP contribution in [-0.2, 0) is 13.0 Å². The van der Waals surface area contributed by atoms with Gasteiger partial charge >= 0.3 is 0 Å².